The second-order valence-corrected chi connectivity index (χ2v) is 9.65. The topological polar surface area (TPSA) is 180 Å². The Morgan fingerprint density at radius 3 is 2.45 bits per heavy atom. The van der Waals surface area contributed by atoms with Crippen LogP contribution in [0.4, 0.5) is 0 Å². The summed E-state index contributed by atoms with van der Waals surface area (Å²) in [5.74, 6) is 0.0601. The summed E-state index contributed by atoms with van der Waals surface area (Å²) in [6, 6.07) is 18.7. The number of aromatic nitrogens is 2. The van der Waals surface area contributed by atoms with E-state index in [-0.39, 0.29) is 12.1 Å². The number of benzene rings is 2. The number of fused-ring (bicyclic) bond motifs is 1. The molecule has 0 saturated heterocycles. The first-order valence-corrected chi connectivity index (χ1v) is 12.5. The van der Waals surface area contributed by atoms with E-state index in [1.807, 2.05) is 54.7 Å². The van der Waals surface area contributed by atoms with Crippen LogP contribution in [0.15, 0.2) is 73.1 Å². The van der Waals surface area contributed by atoms with Gasteiger partial charge in [-0.15, -0.1) is 0 Å². The molecule has 0 saturated carbocycles. The number of H-pyrrole nitrogens is 1. The molecule has 7 N–H and O–H groups in total. The molecule has 2 aromatic carbocycles. The number of nitrogens with two attached hydrogens (primary N) is 1. The highest BCUT2D eigenvalue weighted by Crippen LogP contribution is 2.25. The van der Waals surface area contributed by atoms with E-state index < -0.39 is 24.6 Å². The Labute approximate surface area is 231 Å². The van der Waals surface area contributed by atoms with Crippen LogP contribution in [0, 0.1) is 0 Å². The molecule has 0 aliphatic carbocycles. The second kappa shape index (κ2) is 14.1. The van der Waals surface area contributed by atoms with Crippen molar-refractivity contribution in [2.45, 2.75) is 31.9 Å². The lowest BCUT2D eigenvalue weighted by molar-refractivity contribution is -0.140. The Balaban J connectivity index is 0.000000810. The summed E-state index contributed by atoms with van der Waals surface area (Å²) in [6.45, 7) is 4.02. The molecule has 0 bridgehead atoms. The van der Waals surface area contributed by atoms with E-state index in [1.54, 1.807) is 12.1 Å². The van der Waals surface area contributed by atoms with Crippen LogP contribution in [-0.4, -0.2) is 68.6 Å². The third-order valence-electron chi connectivity index (χ3n) is 5.75. The first kappa shape index (κ1) is 30.1. The average molecular weight is 551 g/mol. The summed E-state index contributed by atoms with van der Waals surface area (Å²) in [4.78, 5) is 27.5. The number of nitrogens with zero attached hydrogens (tertiary/aromatic N) is 1. The van der Waals surface area contributed by atoms with Gasteiger partial charge < -0.3 is 40.8 Å². The number of aliphatic carboxylic acids is 1. The van der Waals surface area contributed by atoms with Crippen molar-refractivity contribution in [2.24, 2.45) is 5.73 Å². The first-order valence-electron chi connectivity index (χ1n) is 12.5. The molecule has 4 rings (SSSR count). The largest absolute Gasteiger partial charge is 0.490 e. The van der Waals surface area contributed by atoms with Crippen molar-refractivity contribution in [3.63, 3.8) is 0 Å². The minimum atomic E-state index is -1.19. The molecule has 0 spiro atoms. The molecule has 0 unspecified atom stereocenters. The maximum absolute atomic E-state index is 11.1. The Morgan fingerprint density at radius 2 is 1.82 bits per heavy atom. The van der Waals surface area contributed by atoms with E-state index >= 15 is 0 Å². The molecular formula is C29H34N4O7. The van der Waals surface area contributed by atoms with E-state index in [0.717, 1.165) is 28.6 Å². The van der Waals surface area contributed by atoms with Gasteiger partial charge in [-0.3, -0.25) is 4.79 Å². The van der Waals surface area contributed by atoms with Gasteiger partial charge in [0, 0.05) is 41.4 Å². The lowest BCUT2D eigenvalue weighted by Gasteiger charge is -2.28. The van der Waals surface area contributed by atoms with Gasteiger partial charge in [0.05, 0.1) is 5.56 Å². The zero-order valence-electron chi connectivity index (χ0n) is 22.3. The van der Waals surface area contributed by atoms with Crippen LogP contribution in [0.1, 0.15) is 29.8 Å². The molecule has 4 aromatic rings. The number of amides is 1. The van der Waals surface area contributed by atoms with Crippen LogP contribution in [0.3, 0.4) is 0 Å². The minimum absolute atomic E-state index is 0.202. The highest BCUT2D eigenvalue weighted by Gasteiger charge is 2.20. The zero-order chi connectivity index (χ0) is 29.1. The highest BCUT2D eigenvalue weighted by molar-refractivity contribution is 5.92. The van der Waals surface area contributed by atoms with Crippen molar-refractivity contribution in [1.82, 2.24) is 15.3 Å². The van der Waals surface area contributed by atoms with Gasteiger partial charge in [0.25, 0.3) is 0 Å². The predicted octanol–water partition coefficient (Wildman–Crippen LogP) is 2.87. The fraction of sp³-hybridized carbons (Fsp3) is 0.276. The molecule has 11 nitrogen and oxygen atoms in total. The highest BCUT2D eigenvalue weighted by atomic mass is 16.5. The van der Waals surface area contributed by atoms with E-state index in [4.69, 9.17) is 30.2 Å². The SMILES string of the molecule is CC(C)(Cc1ccc(Oc2ccc(C(N)=O)cn2)cc1)NC[C@H](O)COc1cccc2[nH]ccc12.O=C(O)CO. The van der Waals surface area contributed by atoms with Crippen molar-refractivity contribution in [2.75, 3.05) is 19.8 Å². The number of pyridine rings is 1. The summed E-state index contributed by atoms with van der Waals surface area (Å²) in [7, 11) is 0. The summed E-state index contributed by atoms with van der Waals surface area (Å²) < 4.78 is 11.6. The molecule has 0 aliphatic rings. The number of primary amides is 1. The van der Waals surface area contributed by atoms with Gasteiger partial charge in [-0.25, -0.2) is 9.78 Å². The molecule has 2 aromatic heterocycles. The third-order valence-corrected chi connectivity index (χ3v) is 5.75. The number of hydrogen-bond acceptors (Lipinski definition) is 8. The van der Waals surface area contributed by atoms with Crippen LogP contribution in [-0.2, 0) is 11.2 Å². The third kappa shape index (κ3) is 9.38. The number of carboxylic acid groups (broad SMARTS) is 1. The number of carboxylic acids is 1. The van der Waals surface area contributed by atoms with Gasteiger partial charge in [0.15, 0.2) is 0 Å². The normalized spacial score (nSPS) is 11.8. The summed E-state index contributed by atoms with van der Waals surface area (Å²) in [6.07, 6.45) is 3.37. The molecule has 0 aliphatic heterocycles. The molecular weight excluding hydrogens is 516 g/mol. The van der Waals surface area contributed by atoms with E-state index in [9.17, 15) is 9.90 Å². The van der Waals surface area contributed by atoms with Crippen molar-refractivity contribution in [3.05, 3.63) is 84.2 Å². The fourth-order valence-corrected chi connectivity index (χ4v) is 3.78. The Hall–Kier alpha value is -4.45. The van der Waals surface area contributed by atoms with Gasteiger partial charge in [0.2, 0.25) is 11.8 Å². The number of carbonyl (C=O) groups is 2. The van der Waals surface area contributed by atoms with Crippen molar-refractivity contribution in [3.8, 4) is 17.4 Å². The second-order valence-electron chi connectivity index (χ2n) is 9.65. The van der Waals surface area contributed by atoms with Gasteiger partial charge in [-0.05, 0) is 62.2 Å². The van der Waals surface area contributed by atoms with E-state index in [1.165, 1.54) is 6.20 Å². The Morgan fingerprint density at radius 1 is 1.10 bits per heavy atom. The fourth-order valence-electron chi connectivity index (χ4n) is 3.78. The Kier molecular flexibility index (Phi) is 10.6. The first-order chi connectivity index (χ1) is 19.1. The molecule has 212 valence electrons. The summed E-state index contributed by atoms with van der Waals surface area (Å²) in [5, 5.41) is 29.9. The molecule has 0 radical (unpaired) electrons. The van der Waals surface area contributed by atoms with Crippen LogP contribution >= 0.6 is 0 Å². The van der Waals surface area contributed by atoms with Crippen molar-refractivity contribution in [1.29, 1.82) is 0 Å². The monoisotopic (exact) mass is 550 g/mol. The number of aliphatic hydroxyl groups excluding tert-OH is 2. The number of ether oxygens (including phenoxy) is 2. The van der Waals surface area contributed by atoms with Crippen molar-refractivity contribution >= 4 is 22.8 Å². The smallest absolute Gasteiger partial charge is 0.329 e. The number of nitrogens with one attached hydrogen (secondary N) is 2. The zero-order valence-corrected chi connectivity index (χ0v) is 22.3. The standard InChI is InChI=1S/C27H30N4O4.C2H4O3/c1-27(2,31-16-20(32)17-34-24-5-3-4-23-22(24)12-13-29-23)14-18-6-9-21(10-7-18)35-25-11-8-19(15-30-25)26(28)33;3-1-2(4)5/h3-13,15,20,29,31-32H,14,16-17H2,1-2H3,(H2,28,33);3H,1H2,(H,4,5)/t20-;/m0./s1. The molecule has 0 fully saturated rings. The number of rotatable bonds is 12. The van der Waals surface area contributed by atoms with Crippen LogP contribution in [0.2, 0.25) is 0 Å². The van der Waals surface area contributed by atoms with Crippen LogP contribution in [0.25, 0.3) is 10.9 Å². The number of β-amino-alcohol motifs (C(OH)–C–C–N with tert-alkyl or cyclic N) is 1. The van der Waals surface area contributed by atoms with Crippen LogP contribution < -0.4 is 20.5 Å². The van der Waals surface area contributed by atoms with Crippen molar-refractivity contribution < 1.29 is 34.4 Å². The maximum atomic E-state index is 11.1. The summed E-state index contributed by atoms with van der Waals surface area (Å²) in [5.41, 5.74) is 7.45. The molecule has 11 heteroatoms. The minimum Gasteiger partial charge on any atom is -0.490 e. The van der Waals surface area contributed by atoms with E-state index in [0.29, 0.717) is 23.7 Å². The Bertz CT molecular complexity index is 1390. The summed E-state index contributed by atoms with van der Waals surface area (Å²) >= 11 is 0. The number of carbonyl (C=O) groups excluding carboxylic acids is 1. The van der Waals surface area contributed by atoms with Gasteiger partial charge in [0.1, 0.15) is 30.8 Å². The van der Waals surface area contributed by atoms with Crippen LogP contribution in [0.5, 0.6) is 17.4 Å². The molecule has 1 atom stereocenters. The number of aliphatic hydroxyl groups is 2. The molecule has 2 heterocycles. The average Bonchev–Trinajstić information content (AvgIpc) is 3.42. The molecule has 40 heavy (non-hydrogen) atoms. The molecule has 1 amide bonds. The quantitative estimate of drug-likeness (QED) is 0.155. The lowest BCUT2D eigenvalue weighted by atomic mass is 9.94. The maximum Gasteiger partial charge on any atom is 0.329 e. The lowest BCUT2D eigenvalue weighted by Crippen LogP contribution is -2.46. The van der Waals surface area contributed by atoms with Gasteiger partial charge >= 0.3 is 5.97 Å². The van der Waals surface area contributed by atoms with Gasteiger partial charge in [-0.1, -0.05) is 18.2 Å². The predicted molar refractivity (Wildman–Crippen MR) is 150 cm³/mol. The number of hydrogen-bond donors (Lipinski definition) is 6. The van der Waals surface area contributed by atoms with E-state index in [2.05, 4.69) is 29.1 Å². The van der Waals surface area contributed by atoms with Gasteiger partial charge in [-0.2, -0.15) is 0 Å². The number of aromatic amines is 1.